The highest BCUT2D eigenvalue weighted by atomic mass is 16.5. The maximum atomic E-state index is 12.0. The number of ketones is 1. The predicted octanol–water partition coefficient (Wildman–Crippen LogP) is 0.828. The van der Waals surface area contributed by atoms with Crippen molar-refractivity contribution >= 4 is 17.7 Å². The zero-order chi connectivity index (χ0) is 16.5. The van der Waals surface area contributed by atoms with Crippen molar-refractivity contribution in [2.75, 3.05) is 33.4 Å². The van der Waals surface area contributed by atoms with Crippen molar-refractivity contribution in [1.29, 1.82) is 0 Å². The lowest BCUT2D eigenvalue weighted by atomic mass is 10.1. The number of ether oxygens (including phenoxy) is 2. The molecule has 0 saturated heterocycles. The van der Waals surface area contributed by atoms with Gasteiger partial charge in [0.15, 0.2) is 12.4 Å². The van der Waals surface area contributed by atoms with Crippen LogP contribution in [0.1, 0.15) is 17.3 Å². The van der Waals surface area contributed by atoms with Gasteiger partial charge in [-0.05, 0) is 19.1 Å². The Morgan fingerprint density at radius 2 is 2.00 bits per heavy atom. The molecule has 0 unspecified atom stereocenters. The summed E-state index contributed by atoms with van der Waals surface area (Å²) in [5.41, 5.74) is 0.478. The first-order valence-corrected chi connectivity index (χ1v) is 6.66. The van der Waals surface area contributed by atoms with Crippen molar-refractivity contribution in [3.05, 3.63) is 29.8 Å². The van der Waals surface area contributed by atoms with Crippen molar-refractivity contribution in [1.82, 2.24) is 4.90 Å². The largest absolute Gasteiger partial charge is 0.484 e. The van der Waals surface area contributed by atoms with Crippen molar-refractivity contribution in [3.63, 3.8) is 0 Å². The molecule has 1 rings (SSSR count). The van der Waals surface area contributed by atoms with Crippen molar-refractivity contribution < 1.29 is 29.0 Å². The summed E-state index contributed by atoms with van der Waals surface area (Å²) in [7, 11) is 1.47. The zero-order valence-corrected chi connectivity index (χ0v) is 12.6. The molecule has 7 heteroatoms. The van der Waals surface area contributed by atoms with Gasteiger partial charge in [0.2, 0.25) is 0 Å². The van der Waals surface area contributed by atoms with E-state index in [0.717, 1.165) is 4.90 Å². The average molecular weight is 309 g/mol. The normalized spacial score (nSPS) is 10.1. The number of amides is 1. The van der Waals surface area contributed by atoms with E-state index < -0.39 is 18.4 Å². The minimum absolute atomic E-state index is 0.107. The number of nitrogens with zero attached hydrogens (tertiary/aromatic N) is 1. The molecule has 1 aromatic rings. The van der Waals surface area contributed by atoms with Crippen molar-refractivity contribution in [2.24, 2.45) is 0 Å². The van der Waals surface area contributed by atoms with E-state index in [-0.39, 0.29) is 25.5 Å². The number of carbonyl (C=O) groups excluding carboxylic acids is 2. The monoisotopic (exact) mass is 309 g/mol. The summed E-state index contributed by atoms with van der Waals surface area (Å²) in [5, 5.41) is 8.80. The summed E-state index contributed by atoms with van der Waals surface area (Å²) < 4.78 is 10.2. The van der Waals surface area contributed by atoms with Gasteiger partial charge in [-0.1, -0.05) is 12.1 Å². The van der Waals surface area contributed by atoms with Crippen LogP contribution in [0.4, 0.5) is 0 Å². The molecule has 0 radical (unpaired) electrons. The molecule has 0 aromatic heterocycles. The number of carboxylic acid groups (broad SMARTS) is 1. The van der Waals surface area contributed by atoms with Gasteiger partial charge in [0, 0.05) is 19.2 Å². The summed E-state index contributed by atoms with van der Waals surface area (Å²) in [4.78, 5) is 35.2. The SMILES string of the molecule is COCCN(CC(=O)O)C(=O)COc1cccc(C(C)=O)c1. The third kappa shape index (κ3) is 5.92. The molecule has 120 valence electrons. The van der Waals surface area contributed by atoms with Crippen molar-refractivity contribution in [3.8, 4) is 5.75 Å². The smallest absolute Gasteiger partial charge is 0.323 e. The van der Waals surface area contributed by atoms with Gasteiger partial charge in [0.05, 0.1) is 6.61 Å². The number of carboxylic acids is 1. The molecule has 7 nitrogen and oxygen atoms in total. The van der Waals surface area contributed by atoms with Crippen LogP contribution in [-0.2, 0) is 14.3 Å². The van der Waals surface area contributed by atoms with Crippen LogP contribution in [0.3, 0.4) is 0 Å². The Labute approximate surface area is 128 Å². The summed E-state index contributed by atoms with van der Waals surface area (Å²) >= 11 is 0. The Kier molecular flexibility index (Phi) is 7.04. The third-order valence-electron chi connectivity index (χ3n) is 2.85. The molecule has 0 heterocycles. The number of aliphatic carboxylic acids is 1. The molecule has 0 aliphatic heterocycles. The molecule has 1 aromatic carbocycles. The van der Waals surface area contributed by atoms with Gasteiger partial charge in [0.1, 0.15) is 12.3 Å². The van der Waals surface area contributed by atoms with Gasteiger partial charge in [-0.2, -0.15) is 0 Å². The number of carbonyl (C=O) groups is 3. The quantitative estimate of drug-likeness (QED) is 0.679. The van der Waals surface area contributed by atoms with Gasteiger partial charge < -0.3 is 19.5 Å². The Hall–Kier alpha value is -2.41. The molecule has 0 fully saturated rings. The van der Waals surface area contributed by atoms with Crippen LogP contribution in [-0.4, -0.2) is 61.1 Å². The van der Waals surface area contributed by atoms with E-state index in [4.69, 9.17) is 14.6 Å². The standard InChI is InChI=1S/C15H19NO6/c1-11(17)12-4-3-5-13(8-12)22-10-14(18)16(6-7-21-2)9-15(19)20/h3-5,8H,6-7,9-10H2,1-2H3,(H,19,20). The van der Waals surface area contributed by atoms with E-state index in [1.54, 1.807) is 18.2 Å². The van der Waals surface area contributed by atoms with E-state index in [0.29, 0.717) is 11.3 Å². The fourth-order valence-corrected chi connectivity index (χ4v) is 1.70. The fourth-order valence-electron chi connectivity index (χ4n) is 1.70. The number of hydrogen-bond donors (Lipinski definition) is 1. The molecule has 1 amide bonds. The van der Waals surface area contributed by atoms with Gasteiger partial charge in [-0.25, -0.2) is 0 Å². The van der Waals surface area contributed by atoms with Crippen LogP contribution in [0.25, 0.3) is 0 Å². The summed E-state index contributed by atoms with van der Waals surface area (Å²) in [5.74, 6) is -1.30. The highest BCUT2D eigenvalue weighted by Crippen LogP contribution is 2.13. The Morgan fingerprint density at radius 1 is 1.27 bits per heavy atom. The van der Waals surface area contributed by atoms with Gasteiger partial charge >= 0.3 is 5.97 Å². The lowest BCUT2D eigenvalue weighted by Gasteiger charge is -2.20. The van der Waals surface area contributed by atoms with Crippen LogP contribution in [0, 0.1) is 0 Å². The van der Waals surface area contributed by atoms with Crippen LogP contribution >= 0.6 is 0 Å². The summed E-state index contributed by atoms with van der Waals surface area (Å²) in [6.45, 7) is 1.11. The molecular weight excluding hydrogens is 290 g/mol. The number of hydrogen-bond acceptors (Lipinski definition) is 5. The van der Waals surface area contributed by atoms with E-state index in [1.807, 2.05) is 0 Å². The second kappa shape index (κ2) is 8.78. The van der Waals surface area contributed by atoms with Crippen LogP contribution in [0.15, 0.2) is 24.3 Å². The van der Waals surface area contributed by atoms with Crippen LogP contribution in [0.2, 0.25) is 0 Å². The second-order valence-electron chi connectivity index (χ2n) is 4.57. The van der Waals surface area contributed by atoms with E-state index in [1.165, 1.54) is 20.1 Å². The van der Waals surface area contributed by atoms with E-state index in [2.05, 4.69) is 0 Å². The second-order valence-corrected chi connectivity index (χ2v) is 4.57. The average Bonchev–Trinajstić information content (AvgIpc) is 2.49. The molecule has 0 saturated carbocycles. The lowest BCUT2D eigenvalue weighted by Crippen LogP contribution is -2.40. The number of Topliss-reactive ketones (excluding diaryl/α,β-unsaturated/α-hetero) is 1. The maximum Gasteiger partial charge on any atom is 0.323 e. The lowest BCUT2D eigenvalue weighted by molar-refractivity contribution is -0.145. The molecule has 22 heavy (non-hydrogen) atoms. The molecular formula is C15H19NO6. The van der Waals surface area contributed by atoms with Crippen LogP contribution in [0.5, 0.6) is 5.75 Å². The molecule has 0 spiro atoms. The molecule has 1 N–H and O–H groups in total. The molecule has 0 aliphatic rings. The topological polar surface area (TPSA) is 93.1 Å². The van der Waals surface area contributed by atoms with E-state index >= 15 is 0 Å². The first-order chi connectivity index (χ1) is 10.4. The Morgan fingerprint density at radius 3 is 2.59 bits per heavy atom. The van der Waals surface area contributed by atoms with Gasteiger partial charge in [-0.3, -0.25) is 14.4 Å². The van der Waals surface area contributed by atoms with Crippen LogP contribution < -0.4 is 4.74 Å². The predicted molar refractivity (Wildman–Crippen MR) is 78.0 cm³/mol. The summed E-state index contributed by atoms with van der Waals surface area (Å²) in [6.07, 6.45) is 0. The zero-order valence-electron chi connectivity index (χ0n) is 12.6. The Bertz CT molecular complexity index is 543. The highest BCUT2D eigenvalue weighted by Gasteiger charge is 2.17. The molecule has 0 bridgehead atoms. The molecule has 0 atom stereocenters. The fraction of sp³-hybridized carbons (Fsp3) is 0.400. The Balaban J connectivity index is 2.63. The van der Waals surface area contributed by atoms with Gasteiger partial charge in [-0.15, -0.1) is 0 Å². The van der Waals surface area contributed by atoms with Gasteiger partial charge in [0.25, 0.3) is 5.91 Å². The first-order valence-electron chi connectivity index (χ1n) is 6.66. The minimum Gasteiger partial charge on any atom is -0.484 e. The molecule has 0 aliphatic carbocycles. The summed E-state index contributed by atoms with van der Waals surface area (Å²) in [6, 6.07) is 6.45. The highest BCUT2D eigenvalue weighted by molar-refractivity contribution is 5.94. The number of benzene rings is 1. The maximum absolute atomic E-state index is 12.0. The first kappa shape index (κ1) is 17.6. The minimum atomic E-state index is -1.11. The number of rotatable bonds is 9. The van der Waals surface area contributed by atoms with E-state index in [9.17, 15) is 14.4 Å². The third-order valence-corrected chi connectivity index (χ3v) is 2.85. The number of methoxy groups -OCH3 is 1. The van der Waals surface area contributed by atoms with Crippen molar-refractivity contribution in [2.45, 2.75) is 6.92 Å².